The molecule has 10 nitrogen and oxygen atoms in total. The first kappa shape index (κ1) is 23.4. The van der Waals surface area contributed by atoms with Crippen molar-refractivity contribution in [3.8, 4) is 17.0 Å². The van der Waals surface area contributed by atoms with E-state index >= 15 is 0 Å². The van der Waals surface area contributed by atoms with Crippen molar-refractivity contribution in [1.82, 2.24) is 29.4 Å². The van der Waals surface area contributed by atoms with E-state index in [1.807, 2.05) is 12.1 Å². The van der Waals surface area contributed by atoms with Crippen LogP contribution < -0.4 is 10.1 Å². The highest BCUT2D eigenvalue weighted by Crippen LogP contribution is 2.41. The van der Waals surface area contributed by atoms with E-state index in [9.17, 15) is 8.42 Å². The number of sulfonamides is 1. The highest BCUT2D eigenvalue weighted by Gasteiger charge is 2.46. The number of hydrogen-bond donors (Lipinski definition) is 2. The van der Waals surface area contributed by atoms with Crippen molar-refractivity contribution in [2.45, 2.75) is 49.2 Å². The molecule has 3 aliphatic rings. The molecule has 0 saturated carbocycles. The molecular formula is C25H31N7O3S. The molecule has 2 aliphatic heterocycles. The largest absolute Gasteiger partial charge is 0.481 e. The number of piperidine rings is 1. The number of methoxy groups -OCH3 is 1. The predicted octanol–water partition coefficient (Wildman–Crippen LogP) is 2.97. The number of nitrogens with zero attached hydrogens (tertiary/aromatic N) is 5. The highest BCUT2D eigenvalue weighted by atomic mass is 32.2. The van der Waals surface area contributed by atoms with Crippen LogP contribution in [0.2, 0.25) is 0 Å². The van der Waals surface area contributed by atoms with E-state index in [1.54, 1.807) is 13.3 Å². The first-order chi connectivity index (χ1) is 17.4. The average Bonchev–Trinajstić information content (AvgIpc) is 3.58. The van der Waals surface area contributed by atoms with Crippen molar-refractivity contribution in [2.75, 3.05) is 39.1 Å². The third-order valence-electron chi connectivity index (χ3n) is 8.21. The molecule has 36 heavy (non-hydrogen) atoms. The number of benzene rings is 1. The summed E-state index contributed by atoms with van der Waals surface area (Å²) in [6.07, 6.45) is 7.58. The fraction of sp³-hybridized carbons (Fsp3) is 0.480. The molecule has 11 heteroatoms. The van der Waals surface area contributed by atoms with Crippen molar-refractivity contribution in [2.24, 2.45) is 0 Å². The first-order valence-corrected chi connectivity index (χ1v) is 13.9. The molecule has 0 radical (unpaired) electrons. The Morgan fingerprint density at radius 1 is 1.08 bits per heavy atom. The molecule has 0 amide bonds. The summed E-state index contributed by atoms with van der Waals surface area (Å²) < 4.78 is 33.5. The maximum atomic E-state index is 13.3. The standard InChI is InChI=1S/C25H31N7O3S/c1-31-13-9-25(31)10-14-32(15-11-25)36(33,34)24-28-23(29-30-24)27-22-19-5-3-4-17(19)6-7-20(22)18-8-12-26-21(16-18)35-2/h6-8,12,16H,3-5,9-11,13-15H2,1-2H3,(H2,27,28,29,30). The van der Waals surface area contributed by atoms with Crippen LogP contribution in [0.5, 0.6) is 5.88 Å². The number of aromatic nitrogens is 4. The molecule has 2 aromatic heterocycles. The predicted molar refractivity (Wildman–Crippen MR) is 136 cm³/mol. The van der Waals surface area contributed by atoms with Crippen LogP contribution in [0, 0.1) is 0 Å². The molecule has 0 unspecified atom stereocenters. The Balaban J connectivity index is 1.27. The lowest BCUT2D eigenvalue weighted by Crippen LogP contribution is -2.62. The van der Waals surface area contributed by atoms with E-state index in [1.165, 1.54) is 15.4 Å². The van der Waals surface area contributed by atoms with Gasteiger partial charge in [-0.05, 0) is 68.3 Å². The molecule has 3 aromatic rings. The van der Waals surface area contributed by atoms with Gasteiger partial charge in [0.25, 0.3) is 15.2 Å². The van der Waals surface area contributed by atoms with Crippen LogP contribution in [-0.2, 0) is 22.9 Å². The number of fused-ring (bicyclic) bond motifs is 1. The first-order valence-electron chi connectivity index (χ1n) is 12.5. The minimum absolute atomic E-state index is 0.123. The van der Waals surface area contributed by atoms with Crippen LogP contribution >= 0.6 is 0 Å². The molecule has 2 fully saturated rings. The minimum Gasteiger partial charge on any atom is -0.481 e. The molecule has 1 spiro atoms. The SMILES string of the molecule is COc1cc(-c2ccc3c(c2Nc2nnc(S(=O)(=O)N4CCC5(CCN5C)CC4)[nH]2)CCC3)ccn1. The molecule has 0 atom stereocenters. The summed E-state index contributed by atoms with van der Waals surface area (Å²) in [5.74, 6) is 0.840. The van der Waals surface area contributed by atoms with Crippen LogP contribution in [0.3, 0.4) is 0 Å². The van der Waals surface area contributed by atoms with Crippen LogP contribution in [0.25, 0.3) is 11.1 Å². The summed E-state index contributed by atoms with van der Waals surface area (Å²) >= 11 is 0. The summed E-state index contributed by atoms with van der Waals surface area (Å²) in [5.41, 5.74) is 5.51. The second-order valence-corrected chi connectivity index (χ2v) is 11.8. The quantitative estimate of drug-likeness (QED) is 0.521. The van der Waals surface area contributed by atoms with Crippen LogP contribution in [-0.4, -0.2) is 77.1 Å². The summed E-state index contributed by atoms with van der Waals surface area (Å²) in [6, 6.07) is 8.06. The monoisotopic (exact) mass is 509 g/mol. The molecule has 1 aromatic carbocycles. The summed E-state index contributed by atoms with van der Waals surface area (Å²) in [6.45, 7) is 2.08. The van der Waals surface area contributed by atoms with Crippen LogP contribution in [0.4, 0.5) is 11.6 Å². The van der Waals surface area contributed by atoms with Crippen molar-refractivity contribution >= 4 is 21.7 Å². The van der Waals surface area contributed by atoms with Crippen molar-refractivity contribution < 1.29 is 13.2 Å². The minimum atomic E-state index is -3.75. The molecule has 4 heterocycles. The Kier molecular flexibility index (Phi) is 5.73. The third kappa shape index (κ3) is 3.86. The zero-order valence-corrected chi connectivity index (χ0v) is 21.4. The number of H-pyrrole nitrogens is 1. The van der Waals surface area contributed by atoms with Crippen molar-refractivity contribution in [3.05, 3.63) is 41.6 Å². The summed E-state index contributed by atoms with van der Waals surface area (Å²) in [4.78, 5) is 9.51. The van der Waals surface area contributed by atoms with E-state index in [0.29, 0.717) is 24.9 Å². The topological polar surface area (TPSA) is 116 Å². The molecule has 190 valence electrons. The normalized spacial score (nSPS) is 19.7. The number of hydrogen-bond acceptors (Lipinski definition) is 8. The number of likely N-dealkylation sites (tertiary alicyclic amines) is 1. The van der Waals surface area contributed by atoms with Gasteiger partial charge < -0.3 is 15.0 Å². The molecule has 1 aliphatic carbocycles. The van der Waals surface area contributed by atoms with Crippen molar-refractivity contribution in [3.63, 3.8) is 0 Å². The Hall–Kier alpha value is -3.02. The van der Waals surface area contributed by atoms with E-state index in [2.05, 4.69) is 49.6 Å². The number of aromatic amines is 1. The number of anilines is 2. The van der Waals surface area contributed by atoms with E-state index in [4.69, 9.17) is 4.74 Å². The van der Waals surface area contributed by atoms with Gasteiger partial charge in [0.15, 0.2) is 0 Å². The second kappa shape index (κ2) is 8.82. The molecule has 2 saturated heterocycles. The zero-order valence-electron chi connectivity index (χ0n) is 20.6. The maximum absolute atomic E-state index is 13.3. The average molecular weight is 510 g/mol. The number of nitrogens with one attached hydrogen (secondary N) is 2. The molecule has 2 N–H and O–H groups in total. The van der Waals surface area contributed by atoms with Gasteiger partial charge in [-0.1, -0.05) is 12.1 Å². The number of aryl methyl sites for hydroxylation is 1. The van der Waals surface area contributed by atoms with Crippen LogP contribution in [0.15, 0.2) is 35.6 Å². The number of pyridine rings is 1. The Labute approximate surface area is 211 Å². The van der Waals surface area contributed by atoms with Gasteiger partial charge in [0.1, 0.15) is 0 Å². The van der Waals surface area contributed by atoms with Gasteiger partial charge in [-0.2, -0.15) is 4.31 Å². The molecular weight excluding hydrogens is 478 g/mol. The van der Waals surface area contributed by atoms with Gasteiger partial charge in [-0.15, -0.1) is 10.2 Å². The summed E-state index contributed by atoms with van der Waals surface area (Å²) in [7, 11) is -0.0292. The van der Waals surface area contributed by atoms with Crippen molar-refractivity contribution in [1.29, 1.82) is 0 Å². The van der Waals surface area contributed by atoms with E-state index in [-0.39, 0.29) is 10.7 Å². The fourth-order valence-corrected chi connectivity index (χ4v) is 7.10. The fourth-order valence-electron chi connectivity index (χ4n) is 5.82. The highest BCUT2D eigenvalue weighted by molar-refractivity contribution is 7.88. The van der Waals surface area contributed by atoms with E-state index in [0.717, 1.165) is 61.9 Å². The smallest absolute Gasteiger partial charge is 0.278 e. The van der Waals surface area contributed by atoms with Crippen LogP contribution in [0.1, 0.15) is 36.8 Å². The van der Waals surface area contributed by atoms with Gasteiger partial charge in [-0.25, -0.2) is 13.4 Å². The number of rotatable bonds is 6. The van der Waals surface area contributed by atoms with Gasteiger partial charge in [0.2, 0.25) is 11.8 Å². The Morgan fingerprint density at radius 3 is 2.61 bits per heavy atom. The Bertz CT molecular complexity index is 1400. The van der Waals surface area contributed by atoms with Gasteiger partial charge in [-0.3, -0.25) is 4.98 Å². The molecule has 6 rings (SSSR count). The zero-order chi connectivity index (χ0) is 24.9. The van der Waals surface area contributed by atoms with Gasteiger partial charge in [0.05, 0.1) is 12.8 Å². The van der Waals surface area contributed by atoms with Gasteiger partial charge in [0, 0.05) is 43.0 Å². The lowest BCUT2D eigenvalue weighted by atomic mass is 9.77. The Morgan fingerprint density at radius 2 is 1.89 bits per heavy atom. The van der Waals surface area contributed by atoms with E-state index < -0.39 is 10.0 Å². The molecule has 0 bridgehead atoms. The summed E-state index contributed by atoms with van der Waals surface area (Å²) in [5, 5.41) is 11.4. The lowest BCUT2D eigenvalue weighted by molar-refractivity contribution is -0.0264. The third-order valence-corrected chi connectivity index (χ3v) is 9.92. The number of ether oxygens (including phenoxy) is 1. The lowest BCUT2D eigenvalue weighted by Gasteiger charge is -2.54. The maximum Gasteiger partial charge on any atom is 0.278 e. The van der Waals surface area contributed by atoms with Gasteiger partial charge >= 0.3 is 0 Å². The second-order valence-electron chi connectivity index (χ2n) is 9.97.